The zero-order chi connectivity index (χ0) is 15.1. The van der Waals surface area contributed by atoms with Gasteiger partial charge in [-0.2, -0.15) is 0 Å². The summed E-state index contributed by atoms with van der Waals surface area (Å²) in [6, 6.07) is 7.89. The molecule has 2 rings (SSSR count). The molecule has 1 aliphatic carbocycles. The number of aliphatic hydroxyl groups is 1. The number of amides is 1. The highest BCUT2D eigenvalue weighted by Gasteiger charge is 2.25. The van der Waals surface area contributed by atoms with Gasteiger partial charge in [-0.25, -0.2) is 0 Å². The molecule has 0 heterocycles. The number of ether oxygens (including phenoxy) is 1. The van der Waals surface area contributed by atoms with Gasteiger partial charge in [-0.1, -0.05) is 34.8 Å². The Kier molecular flexibility index (Phi) is 6.51. The van der Waals surface area contributed by atoms with Gasteiger partial charge in [-0.15, -0.1) is 0 Å². The van der Waals surface area contributed by atoms with Crippen LogP contribution in [-0.4, -0.2) is 41.7 Å². The van der Waals surface area contributed by atoms with Crippen molar-refractivity contribution in [2.75, 3.05) is 19.8 Å². The van der Waals surface area contributed by atoms with Gasteiger partial charge >= 0.3 is 0 Å². The van der Waals surface area contributed by atoms with Gasteiger partial charge in [0, 0.05) is 17.1 Å². The van der Waals surface area contributed by atoms with Crippen LogP contribution in [-0.2, 0) is 4.79 Å². The lowest BCUT2D eigenvalue weighted by Gasteiger charge is -2.28. The largest absolute Gasteiger partial charge is 0.493 e. The lowest BCUT2D eigenvalue weighted by molar-refractivity contribution is -0.134. The molecule has 116 valence electrons. The van der Waals surface area contributed by atoms with Crippen LogP contribution in [0.3, 0.4) is 0 Å². The molecule has 1 amide bonds. The van der Waals surface area contributed by atoms with Crippen LogP contribution in [0.15, 0.2) is 28.7 Å². The van der Waals surface area contributed by atoms with Crippen LogP contribution in [0, 0.1) is 0 Å². The predicted molar refractivity (Wildman–Crippen MR) is 85.3 cm³/mol. The maximum absolute atomic E-state index is 12.3. The highest BCUT2D eigenvalue weighted by atomic mass is 79.9. The predicted octanol–water partition coefficient (Wildman–Crippen LogP) is 2.98. The Bertz CT molecular complexity index is 461. The normalized spacial score (nSPS) is 15.1. The summed E-state index contributed by atoms with van der Waals surface area (Å²) in [6.07, 6.45) is 4.81. The summed E-state index contributed by atoms with van der Waals surface area (Å²) in [5.74, 6) is 0.831. The Hall–Kier alpha value is -1.07. The number of carbonyl (C=O) groups excluding carboxylic acids is 1. The van der Waals surface area contributed by atoms with E-state index < -0.39 is 0 Å². The van der Waals surface area contributed by atoms with E-state index in [-0.39, 0.29) is 12.5 Å². The van der Waals surface area contributed by atoms with Crippen LogP contribution in [0.1, 0.15) is 32.1 Å². The van der Waals surface area contributed by atoms with Crippen molar-refractivity contribution in [2.24, 2.45) is 0 Å². The number of nitrogens with zero attached hydrogens (tertiary/aromatic N) is 1. The van der Waals surface area contributed by atoms with Crippen molar-refractivity contribution in [3.05, 3.63) is 28.7 Å². The van der Waals surface area contributed by atoms with E-state index >= 15 is 0 Å². The molecule has 21 heavy (non-hydrogen) atoms. The van der Waals surface area contributed by atoms with Gasteiger partial charge in [0.05, 0.1) is 19.6 Å². The van der Waals surface area contributed by atoms with Crippen molar-refractivity contribution in [3.8, 4) is 5.75 Å². The molecule has 1 aliphatic rings. The Morgan fingerprint density at radius 1 is 1.38 bits per heavy atom. The van der Waals surface area contributed by atoms with E-state index in [1.165, 1.54) is 12.8 Å². The van der Waals surface area contributed by atoms with Gasteiger partial charge in [0.25, 0.3) is 0 Å². The molecule has 0 bridgehead atoms. The monoisotopic (exact) mass is 355 g/mol. The highest BCUT2D eigenvalue weighted by Crippen LogP contribution is 2.24. The van der Waals surface area contributed by atoms with Crippen LogP contribution < -0.4 is 4.74 Å². The van der Waals surface area contributed by atoms with Crippen LogP contribution in [0.4, 0.5) is 0 Å². The molecule has 0 radical (unpaired) electrons. The average molecular weight is 356 g/mol. The summed E-state index contributed by atoms with van der Waals surface area (Å²) in [4.78, 5) is 14.1. The number of halogens is 1. The van der Waals surface area contributed by atoms with E-state index in [1.807, 2.05) is 29.2 Å². The fourth-order valence-corrected chi connectivity index (χ4v) is 3.17. The molecule has 0 unspecified atom stereocenters. The molecule has 4 nitrogen and oxygen atoms in total. The minimum atomic E-state index is 0.0225. The smallest absolute Gasteiger partial charge is 0.226 e. The Labute approximate surface area is 134 Å². The molecule has 0 aliphatic heterocycles. The first kappa shape index (κ1) is 16.3. The summed E-state index contributed by atoms with van der Waals surface area (Å²) in [5, 5.41) is 9.15. The molecule has 0 spiro atoms. The minimum absolute atomic E-state index is 0.0225. The van der Waals surface area contributed by atoms with Crippen LogP contribution in [0.25, 0.3) is 0 Å². The quantitative estimate of drug-likeness (QED) is 0.817. The standard InChI is InChI=1S/C16H22BrNO3/c17-13-4-3-7-15(12-13)21-11-8-16(20)18(9-10-19)14-5-1-2-6-14/h3-4,7,12,14,19H,1-2,5-6,8-11H2. The molecule has 5 heteroatoms. The van der Waals surface area contributed by atoms with E-state index in [4.69, 9.17) is 9.84 Å². The third-order valence-electron chi connectivity index (χ3n) is 3.81. The fraction of sp³-hybridized carbons (Fsp3) is 0.562. The number of carbonyl (C=O) groups is 1. The second-order valence-electron chi connectivity index (χ2n) is 5.30. The minimum Gasteiger partial charge on any atom is -0.493 e. The van der Waals surface area contributed by atoms with Crippen molar-refractivity contribution in [2.45, 2.75) is 38.1 Å². The number of rotatable bonds is 7. The molecular formula is C16H22BrNO3. The topological polar surface area (TPSA) is 49.8 Å². The highest BCUT2D eigenvalue weighted by molar-refractivity contribution is 9.10. The zero-order valence-electron chi connectivity index (χ0n) is 12.1. The molecule has 1 fully saturated rings. The van der Waals surface area contributed by atoms with Crippen molar-refractivity contribution in [1.82, 2.24) is 4.90 Å². The number of aliphatic hydroxyl groups excluding tert-OH is 1. The van der Waals surface area contributed by atoms with Gasteiger partial charge in [0.2, 0.25) is 5.91 Å². The molecule has 1 N–H and O–H groups in total. The summed E-state index contributed by atoms with van der Waals surface area (Å²) in [6.45, 7) is 0.819. The van der Waals surface area contributed by atoms with Gasteiger partial charge < -0.3 is 14.7 Å². The number of hydrogen-bond donors (Lipinski definition) is 1. The van der Waals surface area contributed by atoms with E-state index in [9.17, 15) is 4.79 Å². The first-order valence-corrected chi connectivity index (χ1v) is 8.28. The van der Waals surface area contributed by atoms with Gasteiger partial charge in [-0.3, -0.25) is 4.79 Å². The summed E-state index contributed by atoms with van der Waals surface area (Å²) in [7, 11) is 0. The summed E-state index contributed by atoms with van der Waals surface area (Å²) in [5.41, 5.74) is 0. The van der Waals surface area contributed by atoms with E-state index in [0.717, 1.165) is 23.1 Å². The third kappa shape index (κ3) is 5.00. The van der Waals surface area contributed by atoms with Gasteiger partial charge in [0.1, 0.15) is 5.75 Å². The van der Waals surface area contributed by atoms with Gasteiger partial charge in [0.15, 0.2) is 0 Å². The fourth-order valence-electron chi connectivity index (χ4n) is 2.79. The van der Waals surface area contributed by atoms with E-state index in [0.29, 0.717) is 25.6 Å². The SMILES string of the molecule is O=C(CCOc1cccc(Br)c1)N(CCO)C1CCCC1. The third-order valence-corrected chi connectivity index (χ3v) is 4.30. The summed E-state index contributed by atoms with van der Waals surface area (Å²) < 4.78 is 6.57. The maximum Gasteiger partial charge on any atom is 0.226 e. The molecular weight excluding hydrogens is 334 g/mol. The van der Waals surface area contributed by atoms with Crippen molar-refractivity contribution in [3.63, 3.8) is 0 Å². The lowest BCUT2D eigenvalue weighted by atomic mass is 10.2. The first-order chi connectivity index (χ1) is 10.2. The van der Waals surface area contributed by atoms with Crippen molar-refractivity contribution >= 4 is 21.8 Å². The Morgan fingerprint density at radius 3 is 2.81 bits per heavy atom. The second-order valence-corrected chi connectivity index (χ2v) is 6.22. The van der Waals surface area contributed by atoms with E-state index in [1.54, 1.807) is 0 Å². The molecule has 1 aromatic carbocycles. The molecule has 1 saturated carbocycles. The molecule has 0 saturated heterocycles. The second kappa shape index (κ2) is 8.39. The number of benzene rings is 1. The maximum atomic E-state index is 12.3. The van der Waals surface area contributed by atoms with E-state index in [2.05, 4.69) is 15.9 Å². The van der Waals surface area contributed by atoms with Crippen LogP contribution >= 0.6 is 15.9 Å². The molecule has 1 aromatic rings. The average Bonchev–Trinajstić information content (AvgIpc) is 2.98. The molecule has 0 aromatic heterocycles. The Morgan fingerprint density at radius 2 is 2.14 bits per heavy atom. The molecule has 0 atom stereocenters. The number of hydrogen-bond acceptors (Lipinski definition) is 3. The van der Waals surface area contributed by atoms with Gasteiger partial charge in [-0.05, 0) is 31.0 Å². The van der Waals surface area contributed by atoms with Crippen molar-refractivity contribution in [1.29, 1.82) is 0 Å². The lowest BCUT2D eigenvalue weighted by Crippen LogP contribution is -2.41. The first-order valence-electron chi connectivity index (χ1n) is 7.49. The summed E-state index contributed by atoms with van der Waals surface area (Å²) >= 11 is 3.39. The van der Waals surface area contributed by atoms with Crippen LogP contribution in [0.2, 0.25) is 0 Å². The van der Waals surface area contributed by atoms with Crippen LogP contribution in [0.5, 0.6) is 5.75 Å². The Balaban J connectivity index is 1.81. The van der Waals surface area contributed by atoms with Crippen molar-refractivity contribution < 1.29 is 14.6 Å². The zero-order valence-corrected chi connectivity index (χ0v) is 13.7.